The lowest BCUT2D eigenvalue weighted by molar-refractivity contribution is 0.171. The van der Waals surface area contributed by atoms with E-state index < -0.39 is 0 Å². The molecule has 108 valence electrons. The monoisotopic (exact) mass is 264 g/mol. The fraction of sp³-hybridized carbons (Fsp3) is 0.625. The molecular formula is C16H28N2O. The van der Waals surface area contributed by atoms with Crippen LogP contribution in [0.15, 0.2) is 30.3 Å². The highest BCUT2D eigenvalue weighted by molar-refractivity contribution is 5.25. The van der Waals surface area contributed by atoms with Crippen LogP contribution >= 0.6 is 0 Å². The Labute approximate surface area is 117 Å². The summed E-state index contributed by atoms with van der Waals surface area (Å²) in [4.78, 5) is 2.31. The van der Waals surface area contributed by atoms with E-state index in [1.165, 1.54) is 5.56 Å². The van der Waals surface area contributed by atoms with Crippen LogP contribution in [0.4, 0.5) is 0 Å². The molecule has 0 bridgehead atoms. The third-order valence-electron chi connectivity index (χ3n) is 3.67. The van der Waals surface area contributed by atoms with Gasteiger partial charge >= 0.3 is 0 Å². The standard InChI is InChI=1S/C16H28N2O/c1-4-17-13-16(3,14-18(5-2)11-12-19)15-9-7-6-8-10-15/h6-10,17,19H,4-5,11-14H2,1-3H3. The van der Waals surface area contributed by atoms with Crippen molar-refractivity contribution < 1.29 is 5.11 Å². The molecule has 1 aromatic carbocycles. The topological polar surface area (TPSA) is 35.5 Å². The highest BCUT2D eigenvalue weighted by Gasteiger charge is 2.28. The molecule has 0 saturated heterocycles. The maximum absolute atomic E-state index is 9.15. The van der Waals surface area contributed by atoms with Crippen LogP contribution in [0.1, 0.15) is 26.3 Å². The molecule has 0 spiro atoms. The number of likely N-dealkylation sites (N-methyl/N-ethyl adjacent to an activating group) is 2. The van der Waals surface area contributed by atoms with Gasteiger partial charge in [0.2, 0.25) is 0 Å². The number of hydrogen-bond acceptors (Lipinski definition) is 3. The first-order valence-electron chi connectivity index (χ1n) is 7.25. The van der Waals surface area contributed by atoms with E-state index in [-0.39, 0.29) is 12.0 Å². The molecule has 1 aromatic rings. The van der Waals surface area contributed by atoms with Gasteiger partial charge in [0.25, 0.3) is 0 Å². The Balaban J connectivity index is 2.86. The second kappa shape index (κ2) is 8.31. The van der Waals surface area contributed by atoms with Gasteiger partial charge in [-0.3, -0.25) is 0 Å². The Hall–Kier alpha value is -0.900. The maximum Gasteiger partial charge on any atom is 0.0558 e. The van der Waals surface area contributed by atoms with Gasteiger partial charge in [0.1, 0.15) is 0 Å². The van der Waals surface area contributed by atoms with Gasteiger partial charge in [-0.05, 0) is 18.7 Å². The van der Waals surface area contributed by atoms with Crippen LogP contribution in [-0.4, -0.2) is 49.3 Å². The minimum atomic E-state index is 0.0719. The molecule has 1 unspecified atom stereocenters. The molecule has 0 aliphatic heterocycles. The molecule has 0 heterocycles. The molecule has 1 rings (SSSR count). The van der Waals surface area contributed by atoms with Crippen molar-refractivity contribution in [3.63, 3.8) is 0 Å². The molecule has 0 saturated carbocycles. The Morgan fingerprint density at radius 2 is 1.89 bits per heavy atom. The average molecular weight is 264 g/mol. The number of aliphatic hydroxyl groups is 1. The van der Waals surface area contributed by atoms with Crippen LogP contribution in [-0.2, 0) is 5.41 Å². The van der Waals surface area contributed by atoms with Gasteiger partial charge in [-0.1, -0.05) is 51.1 Å². The molecule has 0 aromatic heterocycles. The average Bonchev–Trinajstić information content (AvgIpc) is 2.45. The predicted molar refractivity (Wildman–Crippen MR) is 81.5 cm³/mol. The normalized spacial score (nSPS) is 14.6. The summed E-state index contributed by atoms with van der Waals surface area (Å²) in [6.07, 6.45) is 0. The first-order chi connectivity index (χ1) is 9.16. The van der Waals surface area contributed by atoms with Gasteiger partial charge < -0.3 is 15.3 Å². The van der Waals surface area contributed by atoms with Crippen molar-refractivity contribution in [1.29, 1.82) is 0 Å². The first-order valence-corrected chi connectivity index (χ1v) is 7.25. The molecule has 2 N–H and O–H groups in total. The molecule has 0 radical (unpaired) electrons. The summed E-state index contributed by atoms with van der Waals surface area (Å²) in [5.74, 6) is 0. The summed E-state index contributed by atoms with van der Waals surface area (Å²) in [5.41, 5.74) is 1.43. The highest BCUT2D eigenvalue weighted by Crippen LogP contribution is 2.24. The van der Waals surface area contributed by atoms with E-state index in [1.807, 2.05) is 0 Å². The molecule has 3 nitrogen and oxygen atoms in total. The Bertz CT molecular complexity index is 342. The second-order valence-electron chi connectivity index (χ2n) is 5.30. The van der Waals surface area contributed by atoms with Gasteiger partial charge in [0.15, 0.2) is 0 Å². The quantitative estimate of drug-likeness (QED) is 0.715. The zero-order chi connectivity index (χ0) is 14.1. The van der Waals surface area contributed by atoms with E-state index in [4.69, 9.17) is 5.11 Å². The lowest BCUT2D eigenvalue weighted by Gasteiger charge is -2.36. The largest absolute Gasteiger partial charge is 0.395 e. The van der Waals surface area contributed by atoms with Crippen molar-refractivity contribution >= 4 is 0 Å². The van der Waals surface area contributed by atoms with E-state index in [0.717, 1.165) is 32.7 Å². The minimum Gasteiger partial charge on any atom is -0.395 e. The third kappa shape index (κ3) is 4.94. The fourth-order valence-electron chi connectivity index (χ4n) is 2.47. The van der Waals surface area contributed by atoms with Gasteiger partial charge in [0.05, 0.1) is 6.61 Å². The van der Waals surface area contributed by atoms with Crippen LogP contribution in [0.2, 0.25) is 0 Å². The van der Waals surface area contributed by atoms with Gasteiger partial charge in [-0.15, -0.1) is 0 Å². The SMILES string of the molecule is CCNCC(C)(CN(CC)CCO)c1ccccc1. The summed E-state index contributed by atoms with van der Waals surface area (Å²) in [6, 6.07) is 10.7. The Morgan fingerprint density at radius 3 is 2.42 bits per heavy atom. The predicted octanol–water partition coefficient (Wildman–Crippen LogP) is 1.87. The summed E-state index contributed by atoms with van der Waals surface area (Å²) < 4.78 is 0. The van der Waals surface area contributed by atoms with Crippen molar-refractivity contribution in [2.24, 2.45) is 0 Å². The lowest BCUT2D eigenvalue weighted by Crippen LogP contribution is -2.46. The lowest BCUT2D eigenvalue weighted by atomic mass is 9.81. The van der Waals surface area contributed by atoms with Crippen LogP contribution in [0.25, 0.3) is 0 Å². The van der Waals surface area contributed by atoms with Crippen LogP contribution in [0.3, 0.4) is 0 Å². The summed E-state index contributed by atoms with van der Waals surface area (Å²) in [5, 5.41) is 12.6. The van der Waals surface area contributed by atoms with Crippen molar-refractivity contribution in [3.8, 4) is 0 Å². The van der Waals surface area contributed by atoms with E-state index in [0.29, 0.717) is 0 Å². The van der Waals surface area contributed by atoms with Crippen LogP contribution in [0.5, 0.6) is 0 Å². The van der Waals surface area contributed by atoms with Crippen LogP contribution < -0.4 is 5.32 Å². The molecule has 0 fully saturated rings. The number of nitrogens with zero attached hydrogens (tertiary/aromatic N) is 1. The van der Waals surface area contributed by atoms with Gasteiger partial charge in [-0.25, -0.2) is 0 Å². The number of aliphatic hydroxyl groups excluding tert-OH is 1. The van der Waals surface area contributed by atoms with E-state index in [9.17, 15) is 0 Å². The fourth-order valence-corrected chi connectivity index (χ4v) is 2.47. The number of benzene rings is 1. The van der Waals surface area contributed by atoms with Crippen molar-refractivity contribution in [2.45, 2.75) is 26.2 Å². The third-order valence-corrected chi connectivity index (χ3v) is 3.67. The van der Waals surface area contributed by atoms with E-state index >= 15 is 0 Å². The number of rotatable bonds is 9. The number of nitrogens with one attached hydrogen (secondary N) is 1. The maximum atomic E-state index is 9.15. The van der Waals surface area contributed by atoms with Gasteiger partial charge in [-0.2, -0.15) is 0 Å². The molecule has 3 heteroatoms. The van der Waals surface area contributed by atoms with E-state index in [2.05, 4.69) is 61.3 Å². The number of hydrogen-bond donors (Lipinski definition) is 2. The Morgan fingerprint density at radius 1 is 1.21 bits per heavy atom. The molecule has 19 heavy (non-hydrogen) atoms. The molecule has 0 aliphatic rings. The molecular weight excluding hydrogens is 236 g/mol. The Kier molecular flexibility index (Phi) is 7.06. The van der Waals surface area contributed by atoms with Crippen LogP contribution in [0, 0.1) is 0 Å². The highest BCUT2D eigenvalue weighted by atomic mass is 16.3. The zero-order valence-electron chi connectivity index (χ0n) is 12.5. The van der Waals surface area contributed by atoms with E-state index in [1.54, 1.807) is 0 Å². The van der Waals surface area contributed by atoms with Gasteiger partial charge in [0, 0.05) is 25.0 Å². The van der Waals surface area contributed by atoms with Crippen molar-refractivity contribution in [2.75, 3.05) is 39.3 Å². The van der Waals surface area contributed by atoms with Crippen molar-refractivity contribution in [3.05, 3.63) is 35.9 Å². The summed E-state index contributed by atoms with van der Waals surface area (Å²) >= 11 is 0. The molecule has 0 aliphatic carbocycles. The summed E-state index contributed by atoms with van der Waals surface area (Å²) in [7, 11) is 0. The first kappa shape index (κ1) is 16.2. The van der Waals surface area contributed by atoms with Crippen molar-refractivity contribution in [1.82, 2.24) is 10.2 Å². The minimum absolute atomic E-state index is 0.0719. The second-order valence-corrected chi connectivity index (χ2v) is 5.30. The zero-order valence-corrected chi connectivity index (χ0v) is 12.5. The molecule has 1 atom stereocenters. The summed E-state index contributed by atoms with van der Waals surface area (Å²) in [6.45, 7) is 11.4. The smallest absolute Gasteiger partial charge is 0.0558 e. The molecule has 0 amide bonds.